The lowest BCUT2D eigenvalue weighted by molar-refractivity contribution is -0.115. The molecule has 6 nitrogen and oxygen atoms in total. The Morgan fingerprint density at radius 2 is 2.00 bits per heavy atom. The maximum atomic E-state index is 12.4. The molecule has 0 radical (unpaired) electrons. The number of benzene rings is 2. The Morgan fingerprint density at radius 1 is 1.19 bits per heavy atom. The Morgan fingerprint density at radius 3 is 2.89 bits per heavy atom. The quantitative estimate of drug-likeness (QED) is 0.532. The van der Waals surface area contributed by atoms with Crippen LogP contribution in [0.5, 0.6) is 5.75 Å². The van der Waals surface area contributed by atoms with Gasteiger partial charge in [-0.1, -0.05) is 29.4 Å². The molecular weight excluding hydrogens is 362 g/mol. The van der Waals surface area contributed by atoms with Gasteiger partial charge in [-0.05, 0) is 31.2 Å². The summed E-state index contributed by atoms with van der Waals surface area (Å²) in [6.45, 7) is 2.52. The van der Waals surface area contributed by atoms with Crippen molar-refractivity contribution in [2.24, 2.45) is 0 Å². The molecule has 0 aliphatic heterocycles. The number of ether oxygens (including phenoxy) is 1. The van der Waals surface area contributed by atoms with Crippen LogP contribution in [0.4, 0.5) is 5.13 Å². The highest BCUT2D eigenvalue weighted by Crippen LogP contribution is 2.32. The van der Waals surface area contributed by atoms with Crippen molar-refractivity contribution in [3.63, 3.8) is 0 Å². The van der Waals surface area contributed by atoms with E-state index in [4.69, 9.17) is 9.26 Å². The van der Waals surface area contributed by atoms with Crippen molar-refractivity contribution in [2.45, 2.75) is 13.3 Å². The van der Waals surface area contributed by atoms with E-state index in [0.29, 0.717) is 23.0 Å². The van der Waals surface area contributed by atoms with Crippen LogP contribution in [0.3, 0.4) is 0 Å². The Labute approximate surface area is 159 Å². The van der Waals surface area contributed by atoms with Gasteiger partial charge in [-0.25, -0.2) is 4.98 Å². The number of rotatable bonds is 6. The van der Waals surface area contributed by atoms with Crippen LogP contribution in [0.25, 0.3) is 22.2 Å². The van der Waals surface area contributed by atoms with Crippen molar-refractivity contribution in [1.82, 2.24) is 10.1 Å². The van der Waals surface area contributed by atoms with Crippen LogP contribution in [-0.4, -0.2) is 22.7 Å². The fourth-order valence-corrected chi connectivity index (χ4v) is 3.52. The van der Waals surface area contributed by atoms with Crippen LogP contribution >= 0.6 is 11.3 Å². The van der Waals surface area contributed by atoms with E-state index in [9.17, 15) is 4.79 Å². The van der Waals surface area contributed by atoms with E-state index in [2.05, 4.69) is 15.5 Å². The number of hydrogen-bond donors (Lipinski definition) is 1. The molecule has 27 heavy (non-hydrogen) atoms. The molecule has 1 N–H and O–H groups in total. The molecule has 2 heterocycles. The Hall–Kier alpha value is -3.19. The van der Waals surface area contributed by atoms with Gasteiger partial charge in [0.2, 0.25) is 5.91 Å². The van der Waals surface area contributed by atoms with E-state index in [1.54, 1.807) is 0 Å². The van der Waals surface area contributed by atoms with Gasteiger partial charge in [-0.2, -0.15) is 0 Å². The van der Waals surface area contributed by atoms with Gasteiger partial charge in [0, 0.05) is 16.3 Å². The van der Waals surface area contributed by atoms with Gasteiger partial charge < -0.3 is 14.6 Å². The van der Waals surface area contributed by atoms with Crippen LogP contribution in [0.15, 0.2) is 58.4 Å². The second kappa shape index (κ2) is 7.59. The monoisotopic (exact) mass is 379 g/mol. The number of para-hydroxylation sites is 2. The van der Waals surface area contributed by atoms with Crippen LogP contribution in [0.1, 0.15) is 12.6 Å². The number of nitrogens with zero attached hydrogens (tertiary/aromatic N) is 2. The Kier molecular flexibility index (Phi) is 4.84. The average Bonchev–Trinajstić information content (AvgIpc) is 3.30. The molecule has 0 spiro atoms. The van der Waals surface area contributed by atoms with E-state index in [0.717, 1.165) is 22.4 Å². The molecule has 0 atom stereocenters. The van der Waals surface area contributed by atoms with Gasteiger partial charge in [0.15, 0.2) is 10.7 Å². The van der Waals surface area contributed by atoms with Crippen molar-refractivity contribution in [3.8, 4) is 17.0 Å². The van der Waals surface area contributed by atoms with E-state index < -0.39 is 0 Å². The first-order valence-corrected chi connectivity index (χ1v) is 9.43. The summed E-state index contributed by atoms with van der Waals surface area (Å²) in [5.41, 5.74) is 2.95. The fourth-order valence-electron chi connectivity index (χ4n) is 2.80. The smallest absolute Gasteiger partial charge is 0.232 e. The van der Waals surface area contributed by atoms with Crippen molar-refractivity contribution in [2.75, 3.05) is 11.9 Å². The average molecular weight is 379 g/mol. The summed E-state index contributed by atoms with van der Waals surface area (Å²) in [4.78, 5) is 16.9. The third-order valence-corrected chi connectivity index (χ3v) is 4.75. The second-order valence-electron chi connectivity index (χ2n) is 5.82. The third kappa shape index (κ3) is 3.68. The Balaban J connectivity index is 1.49. The minimum absolute atomic E-state index is 0.126. The molecule has 0 saturated carbocycles. The maximum Gasteiger partial charge on any atom is 0.232 e. The Bertz CT molecular complexity index is 1090. The van der Waals surface area contributed by atoms with E-state index in [1.165, 1.54) is 11.3 Å². The van der Waals surface area contributed by atoms with Crippen molar-refractivity contribution in [1.29, 1.82) is 0 Å². The molecule has 0 saturated heterocycles. The third-order valence-electron chi connectivity index (χ3n) is 3.99. The van der Waals surface area contributed by atoms with Crippen LogP contribution in [0, 0.1) is 0 Å². The fraction of sp³-hybridized carbons (Fsp3) is 0.150. The van der Waals surface area contributed by atoms with Gasteiger partial charge in [0.25, 0.3) is 0 Å². The predicted molar refractivity (Wildman–Crippen MR) is 105 cm³/mol. The molecule has 7 heteroatoms. The van der Waals surface area contributed by atoms with E-state index in [-0.39, 0.29) is 12.3 Å². The number of anilines is 1. The lowest BCUT2D eigenvalue weighted by Crippen LogP contribution is -2.14. The topological polar surface area (TPSA) is 77.2 Å². The number of aromatic nitrogens is 2. The molecule has 1 amide bonds. The molecule has 0 aliphatic carbocycles. The van der Waals surface area contributed by atoms with Crippen molar-refractivity contribution < 1.29 is 14.1 Å². The molecular formula is C20H17N3O3S. The zero-order valence-electron chi connectivity index (χ0n) is 14.6. The highest BCUT2D eigenvalue weighted by molar-refractivity contribution is 7.14. The van der Waals surface area contributed by atoms with Gasteiger partial charge >= 0.3 is 0 Å². The largest absolute Gasteiger partial charge is 0.493 e. The molecule has 4 rings (SSSR count). The lowest BCUT2D eigenvalue weighted by atomic mass is 10.1. The maximum absolute atomic E-state index is 12.4. The number of thiazole rings is 1. The second-order valence-corrected chi connectivity index (χ2v) is 6.68. The summed E-state index contributed by atoms with van der Waals surface area (Å²) < 4.78 is 10.9. The summed E-state index contributed by atoms with van der Waals surface area (Å²) in [7, 11) is 0. The highest BCUT2D eigenvalue weighted by atomic mass is 32.1. The summed E-state index contributed by atoms with van der Waals surface area (Å²) >= 11 is 1.37. The first-order valence-electron chi connectivity index (χ1n) is 8.55. The molecule has 136 valence electrons. The molecule has 0 aliphatic rings. The van der Waals surface area contributed by atoms with Crippen LogP contribution in [0.2, 0.25) is 0 Å². The standard InChI is InChI=1S/C20H17N3O3S/c1-2-25-17-9-5-3-8-14(17)16-12-27-20(21-16)22-19(24)11-15-13-7-4-6-10-18(13)26-23-15/h3-10,12H,2,11H2,1H3,(H,21,22,24). The zero-order chi connectivity index (χ0) is 18.6. The minimum atomic E-state index is -0.187. The zero-order valence-corrected chi connectivity index (χ0v) is 15.5. The SMILES string of the molecule is CCOc1ccccc1-c1csc(NC(=O)Cc2noc3ccccc23)n1. The molecule has 0 bridgehead atoms. The van der Waals surface area contributed by atoms with Gasteiger partial charge in [-0.3, -0.25) is 4.79 Å². The first kappa shape index (κ1) is 17.2. The van der Waals surface area contributed by atoms with Gasteiger partial charge in [-0.15, -0.1) is 11.3 Å². The van der Waals surface area contributed by atoms with Gasteiger partial charge in [0.05, 0.1) is 18.7 Å². The molecule has 4 aromatic rings. The van der Waals surface area contributed by atoms with Crippen LogP contribution in [-0.2, 0) is 11.2 Å². The minimum Gasteiger partial charge on any atom is -0.493 e. The van der Waals surface area contributed by atoms with Crippen molar-refractivity contribution >= 4 is 33.3 Å². The van der Waals surface area contributed by atoms with E-state index >= 15 is 0 Å². The lowest BCUT2D eigenvalue weighted by Gasteiger charge is -2.07. The number of nitrogens with one attached hydrogen (secondary N) is 1. The normalized spacial score (nSPS) is 10.9. The molecule has 2 aromatic heterocycles. The summed E-state index contributed by atoms with van der Waals surface area (Å²) in [6.07, 6.45) is 0.126. The number of hydrogen-bond acceptors (Lipinski definition) is 6. The summed E-state index contributed by atoms with van der Waals surface area (Å²) in [6, 6.07) is 15.2. The number of amides is 1. The highest BCUT2D eigenvalue weighted by Gasteiger charge is 2.15. The predicted octanol–water partition coefficient (Wildman–Crippen LogP) is 4.53. The van der Waals surface area contributed by atoms with Gasteiger partial charge in [0.1, 0.15) is 11.4 Å². The van der Waals surface area contributed by atoms with Crippen molar-refractivity contribution in [3.05, 3.63) is 59.6 Å². The number of carbonyl (C=O) groups is 1. The number of fused-ring (bicyclic) bond motifs is 1. The molecule has 2 aromatic carbocycles. The summed E-state index contributed by atoms with van der Waals surface area (Å²) in [5, 5.41) is 10.1. The molecule has 0 fully saturated rings. The number of carbonyl (C=O) groups excluding carboxylic acids is 1. The molecule has 0 unspecified atom stereocenters. The van der Waals surface area contributed by atoms with E-state index in [1.807, 2.05) is 60.8 Å². The first-order chi connectivity index (χ1) is 13.2. The van der Waals surface area contributed by atoms with Crippen LogP contribution < -0.4 is 10.1 Å². The summed E-state index contributed by atoms with van der Waals surface area (Å²) in [5.74, 6) is 0.588.